The summed E-state index contributed by atoms with van der Waals surface area (Å²) >= 11 is 0. The van der Waals surface area contributed by atoms with Crippen LogP contribution in [0.15, 0.2) is 24.3 Å². The highest BCUT2D eigenvalue weighted by Gasteiger charge is 2.34. The van der Waals surface area contributed by atoms with Gasteiger partial charge in [-0.1, -0.05) is 29.8 Å². The first-order valence-corrected chi connectivity index (χ1v) is 6.55. The Morgan fingerprint density at radius 2 is 2.00 bits per heavy atom. The molecule has 0 saturated heterocycles. The number of carboxylic acid groups (broad SMARTS) is 1. The molecule has 5 heteroatoms. The predicted molar refractivity (Wildman–Crippen MR) is 77.8 cm³/mol. The second-order valence-corrected chi connectivity index (χ2v) is 5.39. The highest BCUT2D eigenvalue weighted by atomic mass is 16.4. The molecule has 0 saturated carbocycles. The molecule has 1 rings (SSSR count). The molecule has 0 spiro atoms. The number of nitrogens with one attached hydrogen (secondary N) is 1. The van der Waals surface area contributed by atoms with E-state index < -0.39 is 11.5 Å². The summed E-state index contributed by atoms with van der Waals surface area (Å²) in [6, 6.07) is 7.68. The van der Waals surface area contributed by atoms with Gasteiger partial charge in [-0.3, -0.25) is 0 Å². The number of amides is 2. The summed E-state index contributed by atoms with van der Waals surface area (Å²) in [5, 5.41) is 11.8. The summed E-state index contributed by atoms with van der Waals surface area (Å²) in [6.45, 7) is 5.48. The molecule has 0 aromatic heterocycles. The zero-order chi connectivity index (χ0) is 15.3. The number of benzene rings is 1. The molecule has 0 atom stereocenters. The van der Waals surface area contributed by atoms with Crippen LogP contribution < -0.4 is 5.32 Å². The molecule has 2 N–H and O–H groups in total. The van der Waals surface area contributed by atoms with Gasteiger partial charge >= 0.3 is 12.0 Å². The van der Waals surface area contributed by atoms with Gasteiger partial charge in [0.05, 0.1) is 0 Å². The topological polar surface area (TPSA) is 69.6 Å². The molecular weight excluding hydrogens is 256 g/mol. The molecule has 0 aliphatic heterocycles. The fraction of sp³-hybridized carbons (Fsp3) is 0.467. The Morgan fingerprint density at radius 1 is 1.35 bits per heavy atom. The number of likely N-dealkylation sites (N-methyl/N-ethyl adjacent to an activating group) is 1. The smallest absolute Gasteiger partial charge is 0.329 e. The molecule has 2 amide bonds. The van der Waals surface area contributed by atoms with E-state index in [1.807, 2.05) is 25.1 Å². The maximum absolute atomic E-state index is 11.9. The van der Waals surface area contributed by atoms with Crippen molar-refractivity contribution in [2.75, 3.05) is 13.6 Å². The van der Waals surface area contributed by atoms with Crippen LogP contribution >= 0.6 is 0 Å². The lowest BCUT2D eigenvalue weighted by Gasteiger charge is -2.31. The minimum atomic E-state index is -1.23. The third-order valence-corrected chi connectivity index (χ3v) is 3.44. The first kappa shape index (κ1) is 16.0. The summed E-state index contributed by atoms with van der Waals surface area (Å²) in [5.41, 5.74) is 1.09. The number of carboxylic acids is 1. The molecule has 0 unspecified atom stereocenters. The number of aliphatic carboxylic acids is 1. The SMILES string of the molecule is Cc1cccc(CCNC(=O)N(C)C(C)(C)C(=O)O)c1. The Kier molecular flexibility index (Phi) is 5.13. The molecule has 1 aromatic rings. The standard InChI is InChI=1S/C15H22N2O3/c1-11-6-5-7-12(10-11)8-9-16-14(20)17(4)15(2,3)13(18)19/h5-7,10H,8-9H2,1-4H3,(H,16,20)(H,18,19). The lowest BCUT2D eigenvalue weighted by atomic mass is 10.0. The zero-order valence-corrected chi connectivity index (χ0v) is 12.4. The lowest BCUT2D eigenvalue weighted by Crippen LogP contribution is -2.54. The van der Waals surface area contributed by atoms with E-state index in [9.17, 15) is 9.59 Å². The van der Waals surface area contributed by atoms with E-state index >= 15 is 0 Å². The van der Waals surface area contributed by atoms with Crippen LogP contribution in [0.2, 0.25) is 0 Å². The molecule has 0 bridgehead atoms. The van der Waals surface area contributed by atoms with Crippen LogP contribution in [0.4, 0.5) is 4.79 Å². The minimum absolute atomic E-state index is 0.384. The van der Waals surface area contributed by atoms with Crippen LogP contribution in [0.1, 0.15) is 25.0 Å². The number of carbonyl (C=O) groups is 2. The van der Waals surface area contributed by atoms with Gasteiger partial charge in [-0.15, -0.1) is 0 Å². The van der Waals surface area contributed by atoms with Gasteiger partial charge < -0.3 is 15.3 Å². The maximum Gasteiger partial charge on any atom is 0.329 e. The third kappa shape index (κ3) is 3.98. The minimum Gasteiger partial charge on any atom is -0.480 e. The van der Waals surface area contributed by atoms with E-state index in [1.165, 1.54) is 31.4 Å². The normalized spacial score (nSPS) is 11.0. The van der Waals surface area contributed by atoms with E-state index in [-0.39, 0.29) is 6.03 Å². The van der Waals surface area contributed by atoms with Gasteiger partial charge in [-0.2, -0.15) is 0 Å². The van der Waals surface area contributed by atoms with E-state index in [2.05, 4.69) is 11.4 Å². The van der Waals surface area contributed by atoms with Crippen molar-refractivity contribution in [3.05, 3.63) is 35.4 Å². The van der Waals surface area contributed by atoms with Crippen LogP contribution in [-0.4, -0.2) is 41.1 Å². The Morgan fingerprint density at radius 3 is 2.55 bits per heavy atom. The Balaban J connectivity index is 2.50. The van der Waals surface area contributed by atoms with Crippen molar-refractivity contribution in [3.63, 3.8) is 0 Å². The molecule has 0 fully saturated rings. The molecule has 1 aromatic carbocycles. The first-order valence-electron chi connectivity index (χ1n) is 6.55. The third-order valence-electron chi connectivity index (χ3n) is 3.44. The van der Waals surface area contributed by atoms with E-state index in [0.29, 0.717) is 6.54 Å². The quantitative estimate of drug-likeness (QED) is 0.866. The Bertz CT molecular complexity index is 498. The van der Waals surface area contributed by atoms with Gasteiger partial charge in [0, 0.05) is 13.6 Å². The van der Waals surface area contributed by atoms with Crippen molar-refractivity contribution >= 4 is 12.0 Å². The lowest BCUT2D eigenvalue weighted by molar-refractivity contribution is -0.146. The van der Waals surface area contributed by atoms with Crippen LogP contribution in [0.25, 0.3) is 0 Å². The number of hydrogen-bond donors (Lipinski definition) is 2. The van der Waals surface area contributed by atoms with Gasteiger partial charge in [0.25, 0.3) is 0 Å². The fourth-order valence-corrected chi connectivity index (χ4v) is 1.70. The summed E-state index contributed by atoms with van der Waals surface area (Å²) in [7, 11) is 1.48. The Labute approximate surface area is 119 Å². The number of nitrogens with zero attached hydrogens (tertiary/aromatic N) is 1. The predicted octanol–water partition coefficient (Wildman–Crippen LogP) is 2.04. The second kappa shape index (κ2) is 6.41. The van der Waals surface area contributed by atoms with Gasteiger partial charge in [0.1, 0.15) is 5.54 Å². The average molecular weight is 278 g/mol. The number of urea groups is 1. The zero-order valence-electron chi connectivity index (χ0n) is 12.4. The molecule has 0 radical (unpaired) electrons. The van der Waals surface area contributed by atoms with Crippen LogP contribution in [0, 0.1) is 6.92 Å². The molecule has 0 heterocycles. The van der Waals surface area contributed by atoms with Gasteiger partial charge in [-0.05, 0) is 32.8 Å². The molecule has 5 nitrogen and oxygen atoms in total. The van der Waals surface area contributed by atoms with Crippen LogP contribution in [0.5, 0.6) is 0 Å². The molecule has 0 aliphatic rings. The fourth-order valence-electron chi connectivity index (χ4n) is 1.70. The van der Waals surface area contributed by atoms with Crippen LogP contribution in [-0.2, 0) is 11.2 Å². The number of aryl methyl sites for hydroxylation is 1. The van der Waals surface area contributed by atoms with Crippen molar-refractivity contribution in [1.29, 1.82) is 0 Å². The van der Waals surface area contributed by atoms with Gasteiger partial charge in [0.2, 0.25) is 0 Å². The maximum atomic E-state index is 11.9. The van der Waals surface area contributed by atoms with E-state index in [1.54, 1.807) is 0 Å². The summed E-state index contributed by atoms with van der Waals surface area (Å²) < 4.78 is 0. The Hall–Kier alpha value is -2.04. The highest BCUT2D eigenvalue weighted by Crippen LogP contribution is 2.12. The summed E-state index contributed by atoms with van der Waals surface area (Å²) in [5.74, 6) is -1.03. The largest absolute Gasteiger partial charge is 0.480 e. The molecule has 0 aliphatic carbocycles. The second-order valence-electron chi connectivity index (χ2n) is 5.39. The monoisotopic (exact) mass is 278 g/mol. The average Bonchev–Trinajstić information content (AvgIpc) is 2.37. The van der Waals surface area contributed by atoms with Crippen molar-refractivity contribution in [2.45, 2.75) is 32.7 Å². The number of rotatable bonds is 5. The van der Waals surface area contributed by atoms with Gasteiger partial charge in [-0.25, -0.2) is 9.59 Å². The van der Waals surface area contributed by atoms with Gasteiger partial charge in [0.15, 0.2) is 0 Å². The van der Waals surface area contributed by atoms with Crippen molar-refractivity contribution < 1.29 is 14.7 Å². The number of carbonyl (C=O) groups excluding carboxylic acids is 1. The highest BCUT2D eigenvalue weighted by molar-refractivity contribution is 5.85. The molecule has 110 valence electrons. The molecule has 20 heavy (non-hydrogen) atoms. The summed E-state index contributed by atoms with van der Waals surface area (Å²) in [4.78, 5) is 24.2. The summed E-state index contributed by atoms with van der Waals surface area (Å²) in [6.07, 6.45) is 0.717. The van der Waals surface area contributed by atoms with Crippen LogP contribution in [0.3, 0.4) is 0 Å². The van der Waals surface area contributed by atoms with Crippen molar-refractivity contribution in [1.82, 2.24) is 10.2 Å². The van der Waals surface area contributed by atoms with Crippen molar-refractivity contribution in [2.24, 2.45) is 0 Å². The molecular formula is C15H22N2O3. The van der Waals surface area contributed by atoms with E-state index in [4.69, 9.17) is 5.11 Å². The van der Waals surface area contributed by atoms with Crippen molar-refractivity contribution in [3.8, 4) is 0 Å². The first-order chi connectivity index (χ1) is 9.25. The number of hydrogen-bond acceptors (Lipinski definition) is 2. The van der Waals surface area contributed by atoms with E-state index in [0.717, 1.165) is 12.0 Å².